The molecule has 1 saturated carbocycles. The summed E-state index contributed by atoms with van der Waals surface area (Å²) < 4.78 is 0. The normalized spacial score (nSPS) is 28.7. The first kappa shape index (κ1) is 12.4. The Labute approximate surface area is 93.4 Å². The molecule has 0 spiro atoms. The molecule has 84 valence electrons. The highest BCUT2D eigenvalue weighted by Gasteiger charge is 2.21. The van der Waals surface area contributed by atoms with Crippen LogP contribution >= 0.6 is 11.8 Å². The lowest BCUT2D eigenvalue weighted by atomic mass is 9.92. The second kappa shape index (κ2) is 7.58. The zero-order chi connectivity index (χ0) is 10.2. The molecular weight excluding hydrogens is 190 g/mol. The van der Waals surface area contributed by atoms with Gasteiger partial charge in [0.25, 0.3) is 0 Å². The summed E-state index contributed by atoms with van der Waals surface area (Å²) in [6.45, 7) is 2.26. The van der Waals surface area contributed by atoms with Gasteiger partial charge in [-0.15, -0.1) is 0 Å². The average molecular weight is 215 g/mol. The minimum Gasteiger partial charge on any atom is -0.317 e. The van der Waals surface area contributed by atoms with Crippen molar-refractivity contribution in [2.75, 3.05) is 18.6 Å². The van der Waals surface area contributed by atoms with Gasteiger partial charge in [-0.05, 0) is 43.7 Å². The maximum absolute atomic E-state index is 3.51. The lowest BCUT2D eigenvalue weighted by Crippen LogP contribution is -2.33. The van der Waals surface area contributed by atoms with Gasteiger partial charge >= 0.3 is 0 Å². The molecule has 0 radical (unpaired) electrons. The van der Waals surface area contributed by atoms with E-state index in [1.54, 1.807) is 0 Å². The third-order valence-electron chi connectivity index (χ3n) is 3.37. The Kier molecular flexibility index (Phi) is 6.70. The molecule has 0 aromatic rings. The minimum absolute atomic E-state index is 0.801. The molecule has 0 aromatic heterocycles. The lowest BCUT2D eigenvalue weighted by molar-refractivity contribution is 0.345. The highest BCUT2D eigenvalue weighted by molar-refractivity contribution is 7.99. The first-order valence-electron chi connectivity index (χ1n) is 6.13. The van der Waals surface area contributed by atoms with E-state index in [4.69, 9.17) is 0 Å². The molecule has 14 heavy (non-hydrogen) atoms. The van der Waals surface area contributed by atoms with Crippen LogP contribution in [0.5, 0.6) is 0 Å². The molecule has 0 heterocycles. The van der Waals surface area contributed by atoms with E-state index >= 15 is 0 Å². The molecule has 1 fully saturated rings. The van der Waals surface area contributed by atoms with E-state index in [0.29, 0.717) is 0 Å². The van der Waals surface area contributed by atoms with Gasteiger partial charge in [-0.25, -0.2) is 0 Å². The Balaban J connectivity index is 2.28. The van der Waals surface area contributed by atoms with Crippen molar-refractivity contribution in [2.45, 2.75) is 51.5 Å². The molecule has 0 bridgehead atoms. The number of hydrogen-bond donors (Lipinski definition) is 1. The van der Waals surface area contributed by atoms with Crippen molar-refractivity contribution in [3.8, 4) is 0 Å². The molecule has 1 rings (SSSR count). The second-order valence-corrected chi connectivity index (χ2v) is 5.67. The minimum atomic E-state index is 0.801. The summed E-state index contributed by atoms with van der Waals surface area (Å²) in [5, 5.41) is 3.51. The molecule has 0 aliphatic heterocycles. The Hall–Kier alpha value is 0.310. The number of rotatable bonds is 5. The zero-order valence-corrected chi connectivity index (χ0v) is 10.5. The van der Waals surface area contributed by atoms with Crippen LogP contribution in [0.1, 0.15) is 45.4 Å². The third-order valence-corrected chi connectivity index (χ3v) is 4.30. The quantitative estimate of drug-likeness (QED) is 0.558. The summed E-state index contributed by atoms with van der Waals surface area (Å²) in [5.74, 6) is 3.58. The molecule has 2 atom stereocenters. The maximum Gasteiger partial charge on any atom is 0.00926 e. The van der Waals surface area contributed by atoms with Crippen LogP contribution in [-0.4, -0.2) is 24.6 Å². The van der Waals surface area contributed by atoms with E-state index in [1.165, 1.54) is 50.0 Å². The van der Waals surface area contributed by atoms with Crippen LogP contribution in [0.4, 0.5) is 0 Å². The predicted molar refractivity (Wildman–Crippen MR) is 67.0 cm³/mol. The first-order chi connectivity index (χ1) is 6.88. The number of nitrogens with one attached hydrogen (secondary N) is 1. The Morgan fingerprint density at radius 1 is 1.21 bits per heavy atom. The second-order valence-electron chi connectivity index (χ2n) is 4.28. The van der Waals surface area contributed by atoms with Gasteiger partial charge in [0.2, 0.25) is 0 Å². The Bertz CT molecular complexity index is 138. The van der Waals surface area contributed by atoms with Crippen LogP contribution in [0.15, 0.2) is 0 Å². The van der Waals surface area contributed by atoms with Gasteiger partial charge in [-0.3, -0.25) is 0 Å². The fourth-order valence-corrected chi connectivity index (χ4v) is 3.25. The van der Waals surface area contributed by atoms with Crippen LogP contribution in [0.2, 0.25) is 0 Å². The summed E-state index contributed by atoms with van der Waals surface area (Å²) >= 11 is 2.09. The Morgan fingerprint density at radius 2 is 2.00 bits per heavy atom. The van der Waals surface area contributed by atoms with Crippen LogP contribution in [-0.2, 0) is 0 Å². The topological polar surface area (TPSA) is 12.0 Å². The van der Waals surface area contributed by atoms with Gasteiger partial charge in [-0.1, -0.05) is 26.2 Å². The molecule has 2 heteroatoms. The van der Waals surface area contributed by atoms with Gasteiger partial charge in [0.15, 0.2) is 0 Å². The standard InChI is InChI=1S/C12H25NS/c1-3-14-10-9-11-7-5-4-6-8-12(11)13-2/h11-13H,3-10H2,1-2H3. The highest BCUT2D eigenvalue weighted by atomic mass is 32.2. The van der Waals surface area contributed by atoms with E-state index in [1.807, 2.05) is 0 Å². The first-order valence-corrected chi connectivity index (χ1v) is 7.29. The molecular formula is C12H25NS. The zero-order valence-electron chi connectivity index (χ0n) is 9.72. The molecule has 0 aromatic carbocycles. The van der Waals surface area contributed by atoms with Gasteiger partial charge in [-0.2, -0.15) is 11.8 Å². The molecule has 0 saturated heterocycles. The fourth-order valence-electron chi connectivity index (χ4n) is 2.49. The monoisotopic (exact) mass is 215 g/mol. The van der Waals surface area contributed by atoms with Crippen LogP contribution in [0.3, 0.4) is 0 Å². The highest BCUT2D eigenvalue weighted by Crippen LogP contribution is 2.27. The van der Waals surface area contributed by atoms with E-state index in [-0.39, 0.29) is 0 Å². The van der Waals surface area contributed by atoms with Gasteiger partial charge in [0.1, 0.15) is 0 Å². The SMILES string of the molecule is CCSCCC1CCCCCC1NC. The van der Waals surface area contributed by atoms with E-state index < -0.39 is 0 Å². The van der Waals surface area contributed by atoms with Crippen molar-refractivity contribution in [1.29, 1.82) is 0 Å². The third kappa shape index (κ3) is 4.22. The van der Waals surface area contributed by atoms with E-state index in [2.05, 4.69) is 31.1 Å². The number of hydrogen-bond acceptors (Lipinski definition) is 2. The molecule has 1 N–H and O–H groups in total. The molecule has 1 aliphatic carbocycles. The smallest absolute Gasteiger partial charge is 0.00926 e. The summed E-state index contributed by atoms with van der Waals surface area (Å²) in [6.07, 6.45) is 8.62. The van der Waals surface area contributed by atoms with Crippen molar-refractivity contribution in [3.63, 3.8) is 0 Å². The van der Waals surface area contributed by atoms with Gasteiger partial charge in [0.05, 0.1) is 0 Å². The van der Waals surface area contributed by atoms with Gasteiger partial charge < -0.3 is 5.32 Å². The van der Waals surface area contributed by atoms with Crippen molar-refractivity contribution in [3.05, 3.63) is 0 Å². The lowest BCUT2D eigenvalue weighted by Gasteiger charge is -2.24. The molecule has 2 unspecified atom stereocenters. The van der Waals surface area contributed by atoms with Crippen LogP contribution in [0, 0.1) is 5.92 Å². The largest absolute Gasteiger partial charge is 0.317 e. The summed E-state index contributed by atoms with van der Waals surface area (Å²) in [6, 6.07) is 0.801. The molecule has 1 aliphatic rings. The van der Waals surface area contributed by atoms with Gasteiger partial charge in [0, 0.05) is 6.04 Å². The van der Waals surface area contributed by atoms with E-state index in [9.17, 15) is 0 Å². The number of thioether (sulfide) groups is 1. The van der Waals surface area contributed by atoms with Crippen LogP contribution < -0.4 is 5.32 Å². The van der Waals surface area contributed by atoms with Crippen molar-refractivity contribution in [2.24, 2.45) is 5.92 Å². The fraction of sp³-hybridized carbons (Fsp3) is 1.00. The summed E-state index contributed by atoms with van der Waals surface area (Å²) in [4.78, 5) is 0. The van der Waals surface area contributed by atoms with E-state index in [0.717, 1.165) is 12.0 Å². The summed E-state index contributed by atoms with van der Waals surface area (Å²) in [7, 11) is 2.13. The average Bonchev–Trinajstić information content (AvgIpc) is 2.43. The molecule has 1 nitrogen and oxygen atoms in total. The van der Waals surface area contributed by atoms with Crippen LogP contribution in [0.25, 0.3) is 0 Å². The summed E-state index contributed by atoms with van der Waals surface area (Å²) in [5.41, 5.74) is 0. The predicted octanol–water partition coefficient (Wildman–Crippen LogP) is 3.30. The Morgan fingerprint density at radius 3 is 2.71 bits per heavy atom. The van der Waals surface area contributed by atoms with Crippen molar-refractivity contribution >= 4 is 11.8 Å². The maximum atomic E-state index is 3.51. The molecule has 0 amide bonds. The van der Waals surface area contributed by atoms with Crippen molar-refractivity contribution < 1.29 is 0 Å². The van der Waals surface area contributed by atoms with Crippen molar-refractivity contribution in [1.82, 2.24) is 5.32 Å².